The van der Waals surface area contributed by atoms with Crippen LogP contribution in [-0.2, 0) is 13.0 Å². The quantitative estimate of drug-likeness (QED) is 0.134. The molecule has 0 unspecified atom stereocenters. The van der Waals surface area contributed by atoms with Gasteiger partial charge >= 0.3 is 0 Å². The lowest BCUT2D eigenvalue weighted by Gasteiger charge is -2.34. The molecule has 0 N–H and O–H groups in total. The summed E-state index contributed by atoms with van der Waals surface area (Å²) in [5, 5.41) is 5.18. The van der Waals surface area contributed by atoms with Gasteiger partial charge in [0.25, 0.3) is 11.8 Å². The molecule has 5 rings (SSSR count). The molecule has 258 valence electrons. The molecular weight excluding hydrogens is 634 g/mol. The van der Waals surface area contributed by atoms with Gasteiger partial charge in [-0.05, 0) is 85.7 Å². The van der Waals surface area contributed by atoms with Gasteiger partial charge in [0.05, 0.1) is 22.8 Å². The van der Waals surface area contributed by atoms with Crippen LogP contribution in [0.15, 0.2) is 66.7 Å². The van der Waals surface area contributed by atoms with E-state index in [2.05, 4.69) is 43.9 Å². The molecule has 1 aliphatic heterocycles. The maximum absolute atomic E-state index is 14.4. The molecule has 2 amide bonds. The number of nitrogens with zero attached hydrogens (tertiary/aromatic N) is 5. The van der Waals surface area contributed by atoms with Crippen LogP contribution in [0.5, 0.6) is 0 Å². The van der Waals surface area contributed by atoms with E-state index in [0.29, 0.717) is 47.2 Å². The van der Waals surface area contributed by atoms with Gasteiger partial charge in [-0.25, -0.2) is 4.68 Å². The van der Waals surface area contributed by atoms with E-state index < -0.39 is 0 Å². The van der Waals surface area contributed by atoms with Gasteiger partial charge in [0.15, 0.2) is 11.5 Å². The molecule has 9 heteroatoms. The number of benzene rings is 3. The van der Waals surface area contributed by atoms with Crippen LogP contribution in [0.4, 0.5) is 0 Å². The fourth-order valence-corrected chi connectivity index (χ4v) is 6.64. The number of aromatic nitrogens is 2. The third kappa shape index (κ3) is 8.14. The first-order valence-corrected chi connectivity index (χ1v) is 17.8. The van der Waals surface area contributed by atoms with Crippen molar-refractivity contribution in [3.8, 4) is 16.8 Å². The average molecular weight is 682 g/mol. The Morgan fingerprint density at radius 1 is 0.857 bits per heavy atom. The summed E-state index contributed by atoms with van der Waals surface area (Å²) in [6.07, 6.45) is 4.74. The van der Waals surface area contributed by atoms with Crippen LogP contribution in [0.3, 0.4) is 0 Å². The number of ketones is 1. The van der Waals surface area contributed by atoms with E-state index in [-0.39, 0.29) is 30.2 Å². The highest BCUT2D eigenvalue weighted by Crippen LogP contribution is 2.31. The number of carbonyl (C=O) groups is 3. The third-order valence-corrected chi connectivity index (χ3v) is 9.73. The summed E-state index contributed by atoms with van der Waals surface area (Å²) in [5.74, 6) is -0.333. The SMILES string of the molecule is CCCCN(CCCC)C(=O)c1cc(C)n(-c2ccc(-c3ccc(Cl)c(C(=O)N(C)C)c3)cc2C(=O)CN2Cc3ccccc3C[C@H]2C)n1. The van der Waals surface area contributed by atoms with Crippen LogP contribution < -0.4 is 0 Å². The second kappa shape index (κ2) is 16.0. The van der Waals surface area contributed by atoms with Crippen molar-refractivity contribution >= 4 is 29.2 Å². The minimum atomic E-state index is -0.199. The van der Waals surface area contributed by atoms with E-state index in [9.17, 15) is 14.4 Å². The van der Waals surface area contributed by atoms with E-state index >= 15 is 0 Å². The van der Waals surface area contributed by atoms with Gasteiger partial charge in [-0.2, -0.15) is 5.10 Å². The van der Waals surface area contributed by atoms with Crippen LogP contribution in [0.2, 0.25) is 5.02 Å². The molecule has 0 fully saturated rings. The number of halogens is 1. The zero-order valence-electron chi connectivity index (χ0n) is 29.6. The van der Waals surface area contributed by atoms with Gasteiger partial charge in [-0.15, -0.1) is 0 Å². The Morgan fingerprint density at radius 3 is 2.14 bits per heavy atom. The van der Waals surface area contributed by atoms with Crippen molar-refractivity contribution in [1.29, 1.82) is 0 Å². The number of hydrogen-bond acceptors (Lipinski definition) is 5. The summed E-state index contributed by atoms with van der Waals surface area (Å²) in [7, 11) is 3.38. The van der Waals surface area contributed by atoms with Crippen molar-refractivity contribution in [2.24, 2.45) is 0 Å². The minimum Gasteiger partial charge on any atom is -0.345 e. The van der Waals surface area contributed by atoms with Crippen molar-refractivity contribution in [3.63, 3.8) is 0 Å². The van der Waals surface area contributed by atoms with Gasteiger partial charge in [0.1, 0.15) is 0 Å². The normalized spacial score (nSPS) is 14.4. The molecule has 4 aromatic rings. The molecule has 1 atom stereocenters. The summed E-state index contributed by atoms with van der Waals surface area (Å²) in [6, 6.07) is 21.5. The minimum absolute atomic E-state index is 0.0445. The van der Waals surface area contributed by atoms with Gasteiger partial charge in [0, 0.05) is 51.0 Å². The number of rotatable bonds is 13. The first-order valence-electron chi connectivity index (χ1n) is 17.4. The monoisotopic (exact) mass is 681 g/mol. The lowest BCUT2D eigenvalue weighted by Crippen LogP contribution is -2.41. The van der Waals surface area contributed by atoms with E-state index in [0.717, 1.165) is 48.9 Å². The maximum Gasteiger partial charge on any atom is 0.274 e. The fraction of sp³-hybridized carbons (Fsp3) is 0.400. The molecule has 0 aliphatic carbocycles. The second-order valence-electron chi connectivity index (χ2n) is 13.4. The number of Topliss-reactive ketones (excluding diaryl/α,β-unsaturated/α-hetero) is 1. The molecular formula is C40H48ClN5O3. The highest BCUT2D eigenvalue weighted by molar-refractivity contribution is 6.34. The lowest BCUT2D eigenvalue weighted by molar-refractivity contribution is 0.0744. The van der Waals surface area contributed by atoms with Gasteiger partial charge in [0.2, 0.25) is 0 Å². The van der Waals surface area contributed by atoms with Crippen molar-refractivity contribution in [1.82, 2.24) is 24.5 Å². The van der Waals surface area contributed by atoms with E-state index in [1.807, 2.05) is 48.2 Å². The Morgan fingerprint density at radius 2 is 1.49 bits per heavy atom. The zero-order valence-corrected chi connectivity index (χ0v) is 30.4. The second-order valence-corrected chi connectivity index (χ2v) is 13.8. The third-order valence-electron chi connectivity index (χ3n) is 9.40. The molecule has 0 radical (unpaired) electrons. The number of unbranched alkanes of at least 4 members (excludes halogenated alkanes) is 2. The molecule has 1 aromatic heterocycles. The summed E-state index contributed by atoms with van der Waals surface area (Å²) >= 11 is 6.44. The summed E-state index contributed by atoms with van der Waals surface area (Å²) < 4.78 is 1.72. The Hall–Kier alpha value is -4.27. The number of fused-ring (bicyclic) bond motifs is 1. The number of aryl methyl sites for hydroxylation is 1. The molecule has 0 saturated heterocycles. The Bertz CT molecular complexity index is 1820. The van der Waals surface area contributed by atoms with Crippen molar-refractivity contribution in [3.05, 3.63) is 105 Å². The van der Waals surface area contributed by atoms with Crippen molar-refractivity contribution in [2.45, 2.75) is 72.4 Å². The number of hydrogen-bond donors (Lipinski definition) is 0. The molecule has 3 aromatic carbocycles. The lowest BCUT2D eigenvalue weighted by atomic mass is 9.93. The maximum atomic E-state index is 14.4. The average Bonchev–Trinajstić information content (AvgIpc) is 3.49. The van der Waals surface area contributed by atoms with E-state index in [4.69, 9.17) is 16.7 Å². The van der Waals surface area contributed by atoms with Crippen LogP contribution in [0, 0.1) is 6.92 Å². The highest BCUT2D eigenvalue weighted by atomic mass is 35.5. The summed E-state index contributed by atoms with van der Waals surface area (Å²) in [4.78, 5) is 46.6. The first-order chi connectivity index (χ1) is 23.5. The predicted molar refractivity (Wildman–Crippen MR) is 197 cm³/mol. The molecule has 0 saturated carbocycles. The van der Waals surface area contributed by atoms with Gasteiger partial charge in [-0.1, -0.05) is 74.7 Å². The fourth-order valence-electron chi connectivity index (χ4n) is 6.45. The topological polar surface area (TPSA) is 78.8 Å². The highest BCUT2D eigenvalue weighted by Gasteiger charge is 2.27. The zero-order chi connectivity index (χ0) is 35.2. The van der Waals surface area contributed by atoms with E-state index in [1.165, 1.54) is 16.0 Å². The first kappa shape index (κ1) is 36.0. The van der Waals surface area contributed by atoms with Crippen LogP contribution in [0.25, 0.3) is 16.8 Å². The molecule has 2 heterocycles. The standard InChI is InChI=1S/C40H48ClN5O3/c1-7-9-19-44(20-10-8-2)40(49)36-22-28(4)46(42-36)37-18-16-31(30-15-17-35(41)33(23-30)39(48)43(5)6)24-34(37)38(47)26-45-25-32-14-12-11-13-29(32)21-27(45)3/h11-18,22-24,27H,7-10,19-21,25-26H2,1-6H3/t27-/m1/s1. The Balaban J connectivity index is 1.55. The molecule has 0 bridgehead atoms. The summed E-state index contributed by atoms with van der Waals surface area (Å²) in [6.45, 7) is 10.6. The Labute approximate surface area is 295 Å². The van der Waals surface area contributed by atoms with E-state index in [1.54, 1.807) is 30.9 Å². The van der Waals surface area contributed by atoms with Crippen molar-refractivity contribution in [2.75, 3.05) is 33.7 Å². The summed E-state index contributed by atoms with van der Waals surface area (Å²) in [5.41, 5.74) is 6.75. The number of amides is 2. The van der Waals surface area contributed by atoms with Crippen LogP contribution >= 0.6 is 11.6 Å². The molecule has 49 heavy (non-hydrogen) atoms. The Kier molecular flexibility index (Phi) is 11.7. The number of carbonyl (C=O) groups excluding carboxylic acids is 3. The largest absolute Gasteiger partial charge is 0.345 e. The molecule has 8 nitrogen and oxygen atoms in total. The smallest absolute Gasteiger partial charge is 0.274 e. The van der Waals surface area contributed by atoms with Gasteiger partial charge in [-0.3, -0.25) is 19.3 Å². The van der Waals surface area contributed by atoms with Crippen LogP contribution in [-0.4, -0.2) is 81.8 Å². The molecule has 0 spiro atoms. The van der Waals surface area contributed by atoms with Gasteiger partial charge < -0.3 is 9.80 Å². The predicted octanol–water partition coefficient (Wildman–Crippen LogP) is 7.87. The van der Waals surface area contributed by atoms with Crippen LogP contribution in [0.1, 0.15) is 94.5 Å². The van der Waals surface area contributed by atoms with Crippen molar-refractivity contribution < 1.29 is 14.4 Å². The molecule has 1 aliphatic rings.